The van der Waals surface area contributed by atoms with Crippen LogP contribution >= 0.6 is 0 Å². The standard InChI is InChI=1S/C25H22N6O/c1-16-7-10-18(11-8-16)15-32-22-6-4-3-5-19(22)14-26-30-25-28-24-23(29-31-25)20-13-17(2)9-12-21(20)27-24/h3-14H,15H2,1-2H3,(H2,27,28,30,31)/b26-14+. The van der Waals surface area contributed by atoms with Crippen LogP contribution in [0.2, 0.25) is 0 Å². The van der Waals surface area contributed by atoms with Gasteiger partial charge in [-0.2, -0.15) is 10.1 Å². The number of fused-ring (bicyclic) bond motifs is 3. The number of aryl methyl sites for hydroxylation is 2. The third-order valence-electron chi connectivity index (χ3n) is 5.17. The first-order chi connectivity index (χ1) is 15.7. The van der Waals surface area contributed by atoms with Crippen molar-refractivity contribution in [3.63, 3.8) is 0 Å². The van der Waals surface area contributed by atoms with Crippen LogP contribution < -0.4 is 10.2 Å². The summed E-state index contributed by atoms with van der Waals surface area (Å²) in [5, 5.41) is 13.8. The average molecular weight is 422 g/mol. The molecule has 0 fully saturated rings. The maximum absolute atomic E-state index is 6.00. The molecule has 3 aromatic carbocycles. The van der Waals surface area contributed by atoms with Gasteiger partial charge < -0.3 is 9.72 Å². The van der Waals surface area contributed by atoms with E-state index < -0.39 is 0 Å². The molecular formula is C25H22N6O. The molecule has 5 aromatic rings. The van der Waals surface area contributed by atoms with E-state index in [4.69, 9.17) is 4.74 Å². The van der Waals surface area contributed by atoms with Crippen molar-refractivity contribution in [1.82, 2.24) is 20.2 Å². The summed E-state index contributed by atoms with van der Waals surface area (Å²) in [5.41, 5.74) is 9.60. The molecule has 0 aliphatic rings. The topological polar surface area (TPSA) is 88.1 Å². The van der Waals surface area contributed by atoms with Crippen LogP contribution in [0.3, 0.4) is 0 Å². The Bertz CT molecular complexity index is 1420. The Hall–Kier alpha value is -4.26. The number of hydrazone groups is 1. The quantitative estimate of drug-likeness (QED) is 0.292. The average Bonchev–Trinajstić information content (AvgIpc) is 3.16. The predicted molar refractivity (Wildman–Crippen MR) is 127 cm³/mol. The molecule has 7 heteroatoms. The molecule has 0 aliphatic heterocycles. The Labute approximate surface area is 185 Å². The monoisotopic (exact) mass is 422 g/mol. The number of nitrogens with one attached hydrogen (secondary N) is 2. The van der Waals surface area contributed by atoms with E-state index in [9.17, 15) is 0 Å². The largest absolute Gasteiger partial charge is 0.488 e. The molecule has 0 bridgehead atoms. The predicted octanol–water partition coefficient (Wildman–Crippen LogP) is 5.15. The zero-order valence-corrected chi connectivity index (χ0v) is 17.8. The molecule has 2 aromatic heterocycles. The number of H-pyrrole nitrogens is 1. The molecule has 2 heterocycles. The molecule has 0 unspecified atom stereocenters. The first kappa shape index (κ1) is 19.7. The number of hydrogen-bond donors (Lipinski definition) is 2. The van der Waals surface area contributed by atoms with Crippen molar-refractivity contribution >= 4 is 34.2 Å². The zero-order valence-electron chi connectivity index (χ0n) is 17.8. The lowest BCUT2D eigenvalue weighted by Crippen LogP contribution is -2.01. The summed E-state index contributed by atoms with van der Waals surface area (Å²) in [7, 11) is 0. The minimum absolute atomic E-state index is 0.315. The fourth-order valence-corrected chi connectivity index (χ4v) is 3.46. The van der Waals surface area contributed by atoms with Crippen LogP contribution in [-0.4, -0.2) is 26.4 Å². The molecule has 0 amide bonds. The zero-order chi connectivity index (χ0) is 21.9. The summed E-state index contributed by atoms with van der Waals surface area (Å²) in [5.74, 6) is 1.06. The number of hydrogen-bond acceptors (Lipinski definition) is 6. The van der Waals surface area contributed by atoms with Gasteiger partial charge in [0, 0.05) is 16.5 Å². The van der Waals surface area contributed by atoms with E-state index in [0.717, 1.165) is 38.9 Å². The third kappa shape index (κ3) is 4.13. The second-order valence-electron chi connectivity index (χ2n) is 7.69. The van der Waals surface area contributed by atoms with Gasteiger partial charge in [-0.15, -0.1) is 10.2 Å². The number of nitrogens with zero attached hydrogens (tertiary/aromatic N) is 4. The smallest absolute Gasteiger partial charge is 0.265 e. The molecule has 2 N–H and O–H groups in total. The maximum Gasteiger partial charge on any atom is 0.265 e. The highest BCUT2D eigenvalue weighted by atomic mass is 16.5. The summed E-state index contributed by atoms with van der Waals surface area (Å²) >= 11 is 0. The van der Waals surface area contributed by atoms with E-state index in [1.807, 2.05) is 43.3 Å². The molecule has 0 aliphatic carbocycles. The minimum atomic E-state index is 0.315. The van der Waals surface area contributed by atoms with Crippen molar-refractivity contribution in [1.29, 1.82) is 0 Å². The second-order valence-corrected chi connectivity index (χ2v) is 7.69. The number of rotatable bonds is 6. The van der Waals surface area contributed by atoms with E-state index in [0.29, 0.717) is 18.2 Å². The molecule has 158 valence electrons. The highest BCUT2D eigenvalue weighted by Crippen LogP contribution is 2.23. The third-order valence-corrected chi connectivity index (χ3v) is 5.17. The van der Waals surface area contributed by atoms with Crippen molar-refractivity contribution in [2.45, 2.75) is 20.5 Å². The van der Waals surface area contributed by atoms with E-state index in [1.165, 1.54) is 5.56 Å². The molecule has 0 saturated heterocycles. The molecule has 7 nitrogen and oxygen atoms in total. The van der Waals surface area contributed by atoms with Gasteiger partial charge in [-0.3, -0.25) is 0 Å². The van der Waals surface area contributed by atoms with E-state index in [-0.39, 0.29) is 0 Å². The number of aromatic nitrogens is 4. The fraction of sp³-hybridized carbons (Fsp3) is 0.120. The van der Waals surface area contributed by atoms with Crippen molar-refractivity contribution in [2.75, 3.05) is 5.43 Å². The van der Waals surface area contributed by atoms with Crippen LogP contribution in [-0.2, 0) is 6.61 Å². The lowest BCUT2D eigenvalue weighted by atomic mass is 10.1. The molecule has 5 rings (SSSR count). The first-order valence-electron chi connectivity index (χ1n) is 10.3. The number of anilines is 1. The summed E-state index contributed by atoms with van der Waals surface area (Å²) in [6, 6.07) is 22.2. The van der Waals surface area contributed by atoms with Crippen LogP contribution in [0.25, 0.3) is 22.1 Å². The van der Waals surface area contributed by atoms with E-state index in [1.54, 1.807) is 6.21 Å². The van der Waals surface area contributed by atoms with Crippen LogP contribution in [0.15, 0.2) is 71.8 Å². The SMILES string of the molecule is Cc1ccc(COc2ccccc2/C=N/Nc2nnc3c(n2)[nH]c2ccc(C)cc23)cc1. The summed E-state index contributed by atoms with van der Waals surface area (Å²) in [6.45, 7) is 4.60. The van der Waals surface area contributed by atoms with Crippen molar-refractivity contribution in [3.05, 3.63) is 89.0 Å². The molecule has 0 atom stereocenters. The summed E-state index contributed by atoms with van der Waals surface area (Å²) < 4.78 is 6.00. The van der Waals surface area contributed by atoms with Crippen molar-refractivity contribution < 1.29 is 4.74 Å². The van der Waals surface area contributed by atoms with Gasteiger partial charge in [0.1, 0.15) is 17.9 Å². The van der Waals surface area contributed by atoms with Gasteiger partial charge in [0.25, 0.3) is 5.95 Å². The molecule has 0 spiro atoms. The summed E-state index contributed by atoms with van der Waals surface area (Å²) in [6.07, 6.45) is 1.69. The number of benzene rings is 3. The van der Waals surface area contributed by atoms with E-state index >= 15 is 0 Å². The molecule has 0 radical (unpaired) electrons. The van der Waals surface area contributed by atoms with Gasteiger partial charge in [-0.1, -0.05) is 53.6 Å². The molecule has 0 saturated carbocycles. The Morgan fingerprint density at radius 3 is 2.66 bits per heavy atom. The number of ether oxygens (including phenoxy) is 1. The second kappa shape index (κ2) is 8.47. The minimum Gasteiger partial charge on any atom is -0.488 e. The van der Waals surface area contributed by atoms with Crippen LogP contribution in [0.4, 0.5) is 5.95 Å². The van der Waals surface area contributed by atoms with Gasteiger partial charge >= 0.3 is 0 Å². The van der Waals surface area contributed by atoms with Gasteiger partial charge in [0.15, 0.2) is 5.65 Å². The van der Waals surface area contributed by atoms with Gasteiger partial charge in [-0.05, 0) is 43.7 Å². The Morgan fingerprint density at radius 2 is 1.78 bits per heavy atom. The normalized spacial score (nSPS) is 11.4. The van der Waals surface area contributed by atoms with Gasteiger partial charge in [0.2, 0.25) is 0 Å². The van der Waals surface area contributed by atoms with Crippen LogP contribution in [0.1, 0.15) is 22.3 Å². The maximum atomic E-state index is 6.00. The lowest BCUT2D eigenvalue weighted by Gasteiger charge is -2.09. The van der Waals surface area contributed by atoms with Crippen molar-refractivity contribution in [3.8, 4) is 5.75 Å². The molecular weight excluding hydrogens is 400 g/mol. The number of para-hydroxylation sites is 1. The Balaban J connectivity index is 1.31. The Kier molecular flexibility index (Phi) is 5.21. The van der Waals surface area contributed by atoms with Crippen molar-refractivity contribution in [2.24, 2.45) is 5.10 Å². The van der Waals surface area contributed by atoms with Gasteiger partial charge in [-0.25, -0.2) is 5.43 Å². The first-order valence-corrected chi connectivity index (χ1v) is 10.3. The molecule has 32 heavy (non-hydrogen) atoms. The van der Waals surface area contributed by atoms with Crippen LogP contribution in [0.5, 0.6) is 5.75 Å². The number of aromatic amines is 1. The highest BCUT2D eigenvalue weighted by molar-refractivity contribution is 6.03. The van der Waals surface area contributed by atoms with E-state index in [2.05, 4.69) is 67.9 Å². The Morgan fingerprint density at radius 1 is 0.969 bits per heavy atom. The fourth-order valence-electron chi connectivity index (χ4n) is 3.46. The highest BCUT2D eigenvalue weighted by Gasteiger charge is 2.09. The van der Waals surface area contributed by atoms with Crippen LogP contribution in [0, 0.1) is 13.8 Å². The summed E-state index contributed by atoms with van der Waals surface area (Å²) in [4.78, 5) is 7.77. The van der Waals surface area contributed by atoms with Gasteiger partial charge in [0.05, 0.1) is 6.21 Å². The lowest BCUT2D eigenvalue weighted by molar-refractivity contribution is 0.306.